The van der Waals surface area contributed by atoms with E-state index >= 15 is 0 Å². The monoisotopic (exact) mass is 499 g/mol. The number of allylic oxidation sites excluding steroid dienone is 1. The van der Waals surface area contributed by atoms with E-state index in [0.717, 1.165) is 16.3 Å². The summed E-state index contributed by atoms with van der Waals surface area (Å²) in [5.74, 6) is 0.444. The first-order valence-corrected chi connectivity index (χ1v) is 11.2. The van der Waals surface area contributed by atoms with Gasteiger partial charge in [0.25, 0.3) is 0 Å². The fourth-order valence-corrected chi connectivity index (χ4v) is 3.27. The molecule has 0 saturated heterocycles. The van der Waals surface area contributed by atoms with Crippen molar-refractivity contribution in [3.05, 3.63) is 100 Å². The second-order valence-corrected chi connectivity index (χ2v) is 8.05. The minimum Gasteiger partial charge on any atom is -0.497 e. The molecule has 2 aromatic carbocycles. The summed E-state index contributed by atoms with van der Waals surface area (Å²) in [5.41, 5.74) is 2.02. The van der Waals surface area contributed by atoms with E-state index in [0.29, 0.717) is 28.2 Å². The average Bonchev–Trinajstić information content (AvgIpc) is 2.82. The molecule has 0 aliphatic heterocycles. The number of urea groups is 1. The average molecular weight is 500 g/mol. The molecule has 0 saturated carbocycles. The number of likely N-dealkylation sites (N-methyl/N-ethyl adjacent to an activating group) is 1. The number of nitrogens with zero attached hydrogens (tertiary/aromatic N) is 1. The zero-order chi connectivity index (χ0) is 26.0. The Kier molecular flexibility index (Phi) is 10.4. The lowest BCUT2D eigenvalue weighted by atomic mass is 10.1. The first-order chi connectivity index (χ1) is 16.6. The Labute approximate surface area is 210 Å². The molecule has 186 valence electrons. The molecular formula is C27H31ClFN3O3. The largest absolute Gasteiger partial charge is 0.497 e. The molecule has 35 heavy (non-hydrogen) atoms. The van der Waals surface area contributed by atoms with Gasteiger partial charge in [-0.15, -0.1) is 0 Å². The summed E-state index contributed by atoms with van der Waals surface area (Å²) in [6.07, 6.45) is 3.58. The Morgan fingerprint density at radius 2 is 1.91 bits per heavy atom. The van der Waals surface area contributed by atoms with Gasteiger partial charge in [0.2, 0.25) is 0 Å². The van der Waals surface area contributed by atoms with Gasteiger partial charge in [-0.3, -0.25) is 0 Å². The third-order valence-corrected chi connectivity index (χ3v) is 5.45. The molecule has 0 radical (unpaired) electrons. The minimum absolute atomic E-state index is 0.209. The third-order valence-electron chi connectivity index (χ3n) is 5.08. The van der Waals surface area contributed by atoms with Crippen molar-refractivity contribution < 1.29 is 18.7 Å². The van der Waals surface area contributed by atoms with Crippen molar-refractivity contribution in [2.75, 3.05) is 27.3 Å². The Bertz CT molecular complexity index is 1230. The molecule has 0 atom stereocenters. The number of amides is 2. The van der Waals surface area contributed by atoms with Crippen LogP contribution in [0.25, 0.3) is 17.9 Å². The van der Waals surface area contributed by atoms with Crippen molar-refractivity contribution in [3.8, 4) is 0 Å². The Morgan fingerprint density at radius 3 is 2.60 bits per heavy atom. The predicted molar refractivity (Wildman–Crippen MR) is 140 cm³/mol. The highest BCUT2D eigenvalue weighted by molar-refractivity contribution is 6.31. The molecule has 6 nitrogen and oxygen atoms in total. The van der Waals surface area contributed by atoms with Crippen LogP contribution < -0.4 is 21.1 Å². The van der Waals surface area contributed by atoms with Crippen molar-refractivity contribution in [1.29, 1.82) is 0 Å². The number of halogens is 2. The molecule has 0 bridgehead atoms. The van der Waals surface area contributed by atoms with E-state index in [1.54, 1.807) is 38.4 Å². The number of methoxy groups -OCH3 is 1. The number of ether oxygens (including phenoxy) is 2. The highest BCUT2D eigenvalue weighted by atomic mass is 35.5. The Balaban J connectivity index is 1.82. The number of hydrogen-bond donors (Lipinski definition) is 2. The normalized spacial score (nSPS) is 11.6. The lowest BCUT2D eigenvalue weighted by Crippen LogP contribution is -2.38. The fraction of sp³-hybridized carbons (Fsp3) is 0.222. The summed E-state index contributed by atoms with van der Waals surface area (Å²) >= 11 is 6.24. The summed E-state index contributed by atoms with van der Waals surface area (Å²) < 4.78 is 24.3. The fourth-order valence-electron chi connectivity index (χ4n) is 3.09. The van der Waals surface area contributed by atoms with Crippen molar-refractivity contribution in [2.24, 2.45) is 0 Å². The van der Waals surface area contributed by atoms with Gasteiger partial charge < -0.3 is 25.0 Å². The van der Waals surface area contributed by atoms with Crippen LogP contribution >= 0.6 is 11.6 Å². The first-order valence-electron chi connectivity index (χ1n) is 10.9. The summed E-state index contributed by atoms with van der Waals surface area (Å²) in [4.78, 5) is 13.9. The summed E-state index contributed by atoms with van der Waals surface area (Å²) in [7, 11) is 3.19. The Morgan fingerprint density at radius 1 is 1.17 bits per heavy atom. The zero-order valence-corrected chi connectivity index (χ0v) is 21.0. The molecular weight excluding hydrogens is 469 g/mol. The molecule has 0 unspecified atom stereocenters. The van der Waals surface area contributed by atoms with Gasteiger partial charge in [0.15, 0.2) is 5.88 Å². The number of nitrogens with one attached hydrogen (secondary N) is 2. The van der Waals surface area contributed by atoms with Gasteiger partial charge >= 0.3 is 6.03 Å². The lowest BCUT2D eigenvalue weighted by molar-refractivity contribution is 0.160. The van der Waals surface area contributed by atoms with Crippen LogP contribution in [0.3, 0.4) is 0 Å². The van der Waals surface area contributed by atoms with E-state index in [1.165, 1.54) is 17.0 Å². The quantitative estimate of drug-likeness (QED) is 0.457. The molecule has 2 rings (SSSR count). The lowest BCUT2D eigenvalue weighted by Gasteiger charge is -2.19. The van der Waals surface area contributed by atoms with Crippen LogP contribution in [0.4, 0.5) is 9.18 Å². The maximum atomic E-state index is 13.6. The smallest absolute Gasteiger partial charge is 0.317 e. The SMILES string of the molecule is C=C(/C=c1/cc(F)cc/c1=C/C)NC(=C)OCCN(C)C(=O)NCc1cc(C(=C)OC)ccc1Cl. The maximum absolute atomic E-state index is 13.6. The van der Waals surface area contributed by atoms with Crippen molar-refractivity contribution in [2.45, 2.75) is 13.5 Å². The summed E-state index contributed by atoms with van der Waals surface area (Å²) in [6.45, 7) is 14.2. The van der Waals surface area contributed by atoms with E-state index in [9.17, 15) is 9.18 Å². The molecule has 8 heteroatoms. The topological polar surface area (TPSA) is 62.8 Å². The van der Waals surface area contributed by atoms with E-state index in [4.69, 9.17) is 21.1 Å². The second kappa shape index (κ2) is 13.2. The molecule has 2 amide bonds. The summed E-state index contributed by atoms with van der Waals surface area (Å²) in [6, 6.07) is 9.60. The number of benzene rings is 2. The molecule has 0 spiro atoms. The van der Waals surface area contributed by atoms with Crippen LogP contribution in [0.1, 0.15) is 18.1 Å². The first kappa shape index (κ1) is 27.5. The van der Waals surface area contributed by atoms with Gasteiger partial charge in [0.1, 0.15) is 18.2 Å². The van der Waals surface area contributed by atoms with Crippen LogP contribution in [0.5, 0.6) is 0 Å². The molecule has 0 aliphatic rings. The van der Waals surface area contributed by atoms with Gasteiger partial charge in [-0.1, -0.05) is 36.9 Å². The van der Waals surface area contributed by atoms with Gasteiger partial charge in [-0.05, 0) is 65.9 Å². The van der Waals surface area contributed by atoms with Gasteiger partial charge in [-0.2, -0.15) is 0 Å². The highest BCUT2D eigenvalue weighted by Crippen LogP contribution is 2.21. The highest BCUT2D eigenvalue weighted by Gasteiger charge is 2.11. The molecule has 0 aromatic heterocycles. The van der Waals surface area contributed by atoms with Crippen molar-refractivity contribution >= 4 is 35.5 Å². The Hall–Kier alpha value is -3.71. The second-order valence-electron chi connectivity index (χ2n) is 7.64. The maximum Gasteiger partial charge on any atom is 0.317 e. The van der Waals surface area contributed by atoms with E-state index in [2.05, 4.69) is 30.4 Å². The van der Waals surface area contributed by atoms with E-state index in [-0.39, 0.29) is 30.9 Å². The zero-order valence-electron chi connectivity index (χ0n) is 20.3. The van der Waals surface area contributed by atoms with Gasteiger partial charge in [0, 0.05) is 29.9 Å². The molecule has 0 fully saturated rings. The number of carbonyl (C=O) groups is 1. The summed E-state index contributed by atoms with van der Waals surface area (Å²) in [5, 5.41) is 7.84. The van der Waals surface area contributed by atoms with Crippen LogP contribution in [0.2, 0.25) is 5.02 Å². The number of carbonyl (C=O) groups excluding carboxylic acids is 1. The molecule has 0 heterocycles. The van der Waals surface area contributed by atoms with Crippen LogP contribution in [0.15, 0.2) is 67.7 Å². The van der Waals surface area contributed by atoms with Crippen molar-refractivity contribution in [3.63, 3.8) is 0 Å². The van der Waals surface area contributed by atoms with E-state index in [1.807, 2.05) is 19.1 Å². The van der Waals surface area contributed by atoms with Crippen LogP contribution in [-0.2, 0) is 16.0 Å². The van der Waals surface area contributed by atoms with Gasteiger partial charge in [-0.25, -0.2) is 9.18 Å². The minimum atomic E-state index is -0.332. The van der Waals surface area contributed by atoms with E-state index < -0.39 is 0 Å². The predicted octanol–water partition coefficient (Wildman–Crippen LogP) is 4.11. The molecule has 0 aliphatic carbocycles. The molecule has 2 aromatic rings. The third kappa shape index (κ3) is 8.54. The van der Waals surface area contributed by atoms with Crippen LogP contribution in [0, 0.1) is 5.82 Å². The molecule has 2 N–H and O–H groups in total. The van der Waals surface area contributed by atoms with Crippen LogP contribution in [-0.4, -0.2) is 38.2 Å². The van der Waals surface area contributed by atoms with Gasteiger partial charge in [0.05, 0.1) is 13.7 Å². The number of rotatable bonds is 11. The number of hydrogen-bond acceptors (Lipinski definition) is 4. The standard InChI is InChI=1S/C27H31ClFN3O3/c1-7-21-8-10-25(29)16-23(21)14-18(2)31-20(4)35-13-12-32(5)27(33)30-17-24-15-22(19(3)34-6)9-11-26(24)28/h7-11,14-16,31H,2-4,12-13,17H2,1,5-6H3,(H,30,33)/b21-7-,23-14-. The van der Waals surface area contributed by atoms with Crippen molar-refractivity contribution in [1.82, 2.24) is 15.5 Å².